The van der Waals surface area contributed by atoms with Crippen LogP contribution in [-0.2, 0) is 0 Å². The van der Waals surface area contributed by atoms with Crippen LogP contribution < -0.4 is 30.4 Å². The highest BCUT2D eigenvalue weighted by molar-refractivity contribution is 5.54. The summed E-state index contributed by atoms with van der Waals surface area (Å²) in [5, 5.41) is 0. The number of rotatable bonds is 8. The summed E-state index contributed by atoms with van der Waals surface area (Å²) in [6.45, 7) is 0. The summed E-state index contributed by atoms with van der Waals surface area (Å²) in [7, 11) is 0. The van der Waals surface area contributed by atoms with E-state index in [1.165, 1.54) is 0 Å². The highest BCUT2D eigenvalue weighted by Crippen LogP contribution is 2.33. The van der Waals surface area contributed by atoms with Gasteiger partial charge in [0.25, 0.3) is 0 Å². The molecule has 6 heteroatoms. The van der Waals surface area contributed by atoms with Crippen LogP contribution in [0.2, 0.25) is 0 Å². The van der Waals surface area contributed by atoms with Crippen molar-refractivity contribution in [3.8, 4) is 46.0 Å². The van der Waals surface area contributed by atoms with E-state index in [9.17, 15) is 0 Å². The van der Waals surface area contributed by atoms with Gasteiger partial charge in [0.05, 0.1) is 11.4 Å². The van der Waals surface area contributed by atoms with Crippen molar-refractivity contribution >= 4 is 11.4 Å². The summed E-state index contributed by atoms with van der Waals surface area (Å²) < 4.78 is 23.6. The Kier molecular flexibility index (Phi) is 6.58. The second-order valence-corrected chi connectivity index (χ2v) is 7.90. The average Bonchev–Trinajstić information content (AvgIpc) is 2.89. The van der Waals surface area contributed by atoms with Crippen LogP contribution in [0.4, 0.5) is 11.4 Å². The van der Waals surface area contributed by atoms with Gasteiger partial charge in [-0.05, 0) is 84.9 Å². The number of hydrogen-bond donors (Lipinski definition) is 2. The largest absolute Gasteiger partial charge is 0.457 e. The first-order valence-electron chi connectivity index (χ1n) is 11.3. The Morgan fingerprint density at radius 1 is 0.333 bits per heavy atom. The Labute approximate surface area is 209 Å². The average molecular weight is 477 g/mol. The lowest BCUT2D eigenvalue weighted by molar-refractivity contribution is 0.454. The zero-order valence-corrected chi connectivity index (χ0v) is 19.3. The Bertz CT molecular complexity index is 1340. The maximum atomic E-state index is 5.99. The van der Waals surface area contributed by atoms with E-state index in [2.05, 4.69) is 0 Å². The molecular formula is C30H24N2O4. The van der Waals surface area contributed by atoms with Gasteiger partial charge in [-0.2, -0.15) is 0 Å². The smallest absolute Gasteiger partial charge is 0.150 e. The van der Waals surface area contributed by atoms with Gasteiger partial charge in [-0.25, -0.2) is 0 Å². The lowest BCUT2D eigenvalue weighted by Gasteiger charge is -2.11. The number of nitrogens with two attached hydrogens (primary N) is 2. The number of anilines is 2. The molecule has 178 valence electrons. The van der Waals surface area contributed by atoms with E-state index in [1.54, 1.807) is 12.1 Å². The molecule has 6 nitrogen and oxygen atoms in total. The molecule has 0 fully saturated rings. The van der Waals surface area contributed by atoms with Gasteiger partial charge >= 0.3 is 0 Å². The number of benzene rings is 5. The van der Waals surface area contributed by atoms with Gasteiger partial charge in [-0.15, -0.1) is 0 Å². The Hall–Kier alpha value is -5.10. The second-order valence-electron chi connectivity index (χ2n) is 7.90. The van der Waals surface area contributed by atoms with Gasteiger partial charge in [0.15, 0.2) is 0 Å². The molecule has 4 N–H and O–H groups in total. The van der Waals surface area contributed by atoms with Crippen LogP contribution in [0.1, 0.15) is 0 Å². The first-order chi connectivity index (χ1) is 17.6. The molecule has 5 rings (SSSR count). The quantitative estimate of drug-likeness (QED) is 0.220. The summed E-state index contributed by atoms with van der Waals surface area (Å²) in [5.74, 6) is 5.18. The summed E-state index contributed by atoms with van der Waals surface area (Å²) >= 11 is 0. The van der Waals surface area contributed by atoms with Gasteiger partial charge in [-0.1, -0.05) is 30.3 Å². The van der Waals surface area contributed by atoms with E-state index < -0.39 is 0 Å². The molecule has 0 aliphatic carbocycles. The molecule has 0 saturated carbocycles. The minimum absolute atomic E-state index is 0.581. The van der Waals surface area contributed by atoms with Crippen molar-refractivity contribution in [3.63, 3.8) is 0 Å². The van der Waals surface area contributed by atoms with Crippen LogP contribution in [0.25, 0.3) is 0 Å². The molecule has 5 aromatic rings. The van der Waals surface area contributed by atoms with Crippen molar-refractivity contribution in [3.05, 3.63) is 121 Å². The Balaban J connectivity index is 1.20. The summed E-state index contributed by atoms with van der Waals surface area (Å²) in [6, 6.07) is 36.8. The van der Waals surface area contributed by atoms with Crippen LogP contribution in [0.5, 0.6) is 46.0 Å². The van der Waals surface area contributed by atoms with Crippen molar-refractivity contribution in [1.29, 1.82) is 0 Å². The van der Waals surface area contributed by atoms with Gasteiger partial charge < -0.3 is 30.4 Å². The fourth-order valence-corrected chi connectivity index (χ4v) is 3.43. The Morgan fingerprint density at radius 3 is 1.08 bits per heavy atom. The number of nitrogen functional groups attached to an aromatic ring is 2. The van der Waals surface area contributed by atoms with E-state index in [-0.39, 0.29) is 0 Å². The molecule has 0 aliphatic heterocycles. The number of para-hydroxylation sites is 4. The van der Waals surface area contributed by atoms with Crippen molar-refractivity contribution < 1.29 is 18.9 Å². The fourth-order valence-electron chi connectivity index (χ4n) is 3.43. The SMILES string of the molecule is Nc1ccccc1Oc1ccc(Oc2cccc(Oc3ccc(Oc4ccccc4N)cc3)c2)cc1. The van der Waals surface area contributed by atoms with E-state index in [1.807, 2.05) is 109 Å². The molecular weight excluding hydrogens is 452 g/mol. The normalized spacial score (nSPS) is 10.4. The highest BCUT2D eigenvalue weighted by Gasteiger charge is 2.06. The highest BCUT2D eigenvalue weighted by atomic mass is 16.5. The van der Waals surface area contributed by atoms with E-state index in [4.69, 9.17) is 30.4 Å². The third-order valence-electron chi connectivity index (χ3n) is 5.22. The predicted octanol–water partition coefficient (Wildman–Crippen LogP) is 8.02. The standard InChI is InChI=1S/C30H24N2O4/c31-27-8-1-3-10-29(27)35-23-16-12-21(13-17-23)33-25-6-5-7-26(20-25)34-22-14-18-24(19-15-22)36-30-11-4-2-9-28(30)32/h1-20H,31-32H2. The van der Waals surface area contributed by atoms with Crippen molar-refractivity contribution in [1.82, 2.24) is 0 Å². The van der Waals surface area contributed by atoms with Crippen molar-refractivity contribution in [2.75, 3.05) is 11.5 Å². The number of ether oxygens (including phenoxy) is 4. The Morgan fingerprint density at radius 2 is 0.694 bits per heavy atom. The maximum absolute atomic E-state index is 5.99. The summed E-state index contributed by atoms with van der Waals surface area (Å²) in [5.41, 5.74) is 13.0. The van der Waals surface area contributed by atoms with Crippen LogP contribution in [0.15, 0.2) is 121 Å². The molecule has 0 radical (unpaired) electrons. The van der Waals surface area contributed by atoms with Crippen LogP contribution in [0, 0.1) is 0 Å². The lowest BCUT2D eigenvalue weighted by Crippen LogP contribution is -1.92. The molecule has 0 aliphatic rings. The molecule has 0 unspecified atom stereocenters. The third kappa shape index (κ3) is 5.69. The van der Waals surface area contributed by atoms with Crippen LogP contribution >= 0.6 is 0 Å². The molecule has 0 saturated heterocycles. The molecule has 5 aromatic carbocycles. The first-order valence-corrected chi connectivity index (χ1v) is 11.3. The molecule has 0 bridgehead atoms. The van der Waals surface area contributed by atoms with E-state index in [0.29, 0.717) is 57.4 Å². The van der Waals surface area contributed by atoms with Crippen LogP contribution in [-0.4, -0.2) is 0 Å². The summed E-state index contributed by atoms with van der Waals surface area (Å²) in [6.07, 6.45) is 0. The van der Waals surface area contributed by atoms with E-state index >= 15 is 0 Å². The fraction of sp³-hybridized carbons (Fsp3) is 0. The number of hydrogen-bond acceptors (Lipinski definition) is 6. The van der Waals surface area contributed by atoms with Gasteiger partial charge in [0, 0.05) is 6.07 Å². The van der Waals surface area contributed by atoms with Crippen molar-refractivity contribution in [2.24, 2.45) is 0 Å². The maximum Gasteiger partial charge on any atom is 0.150 e. The predicted molar refractivity (Wildman–Crippen MR) is 141 cm³/mol. The molecule has 0 spiro atoms. The van der Waals surface area contributed by atoms with Gasteiger partial charge in [0.1, 0.15) is 46.0 Å². The zero-order chi connectivity index (χ0) is 24.7. The zero-order valence-electron chi connectivity index (χ0n) is 19.3. The molecule has 0 amide bonds. The van der Waals surface area contributed by atoms with E-state index in [0.717, 1.165) is 0 Å². The van der Waals surface area contributed by atoms with Crippen LogP contribution in [0.3, 0.4) is 0 Å². The third-order valence-corrected chi connectivity index (χ3v) is 5.22. The topological polar surface area (TPSA) is 89.0 Å². The molecule has 0 heterocycles. The van der Waals surface area contributed by atoms with Gasteiger partial charge in [-0.3, -0.25) is 0 Å². The van der Waals surface area contributed by atoms with Crippen molar-refractivity contribution in [2.45, 2.75) is 0 Å². The minimum Gasteiger partial charge on any atom is -0.457 e. The molecule has 0 atom stereocenters. The lowest BCUT2D eigenvalue weighted by atomic mass is 10.3. The monoisotopic (exact) mass is 476 g/mol. The first kappa shape index (κ1) is 22.7. The molecule has 36 heavy (non-hydrogen) atoms. The minimum atomic E-state index is 0.581. The molecule has 0 aromatic heterocycles. The summed E-state index contributed by atoms with van der Waals surface area (Å²) in [4.78, 5) is 0. The van der Waals surface area contributed by atoms with Gasteiger partial charge in [0.2, 0.25) is 0 Å². The second kappa shape index (κ2) is 10.4.